The Bertz CT molecular complexity index is 1320. The first-order chi connectivity index (χ1) is 21.7. The van der Waals surface area contributed by atoms with E-state index in [0.717, 1.165) is 69.4 Å². The number of nitrogens with zero attached hydrogens (tertiary/aromatic N) is 3. The summed E-state index contributed by atoms with van der Waals surface area (Å²) in [7, 11) is 0. The van der Waals surface area contributed by atoms with Gasteiger partial charge in [-0.05, 0) is 67.3 Å². The number of fused-ring (bicyclic) bond motifs is 1. The Balaban J connectivity index is 1.24. The van der Waals surface area contributed by atoms with Crippen molar-refractivity contribution < 1.29 is 14.4 Å². The number of likely N-dealkylation sites (tertiary alicyclic amines) is 2. The highest BCUT2D eigenvalue weighted by Gasteiger charge is 2.36. The third kappa shape index (κ3) is 8.66. The van der Waals surface area contributed by atoms with Gasteiger partial charge < -0.3 is 20.4 Å². The van der Waals surface area contributed by atoms with Crippen molar-refractivity contribution in [2.75, 3.05) is 39.3 Å². The van der Waals surface area contributed by atoms with Gasteiger partial charge in [-0.25, -0.2) is 0 Å². The summed E-state index contributed by atoms with van der Waals surface area (Å²) < 4.78 is 0. The fraction of sp³-hybridized carbons (Fsp3) is 0.583. The van der Waals surface area contributed by atoms with Crippen LogP contribution in [0.2, 0.25) is 5.02 Å². The molecular weight excluding hydrogens is 586 g/mol. The Hall–Kier alpha value is -2.94. The lowest BCUT2D eigenvalue weighted by atomic mass is 9.92. The van der Waals surface area contributed by atoms with Gasteiger partial charge >= 0.3 is 0 Å². The number of halogens is 1. The fourth-order valence-corrected chi connectivity index (χ4v) is 7.68. The standard InChI is InChI=1S/C36H50ClN5O3/c1-25(2)24-42(29-13-18-40(19-14-29)26(3)43)30-15-20-41(21-16-30)36(45)34(22-28-9-5-7-11-32(28)37)39-35(44)23-33-31-10-6-4-8-27(31)12-17-38-33/h4-11,25,29-30,33-34,38H,12-24H2,1-3H3,(H,39,44)/t33-,34-/m1/s1. The molecule has 3 heterocycles. The number of hydrogen-bond acceptors (Lipinski definition) is 5. The van der Waals surface area contributed by atoms with Crippen molar-refractivity contribution in [3.05, 3.63) is 70.2 Å². The van der Waals surface area contributed by atoms with Crippen molar-refractivity contribution in [1.29, 1.82) is 0 Å². The van der Waals surface area contributed by atoms with Crippen molar-refractivity contribution in [2.24, 2.45) is 5.92 Å². The van der Waals surface area contributed by atoms with E-state index in [1.807, 2.05) is 46.2 Å². The predicted molar refractivity (Wildman–Crippen MR) is 179 cm³/mol. The molecule has 0 unspecified atom stereocenters. The number of hydrogen-bond donors (Lipinski definition) is 2. The number of benzene rings is 2. The Kier molecular flexibility index (Phi) is 11.6. The molecule has 2 saturated heterocycles. The van der Waals surface area contributed by atoms with Gasteiger partial charge in [-0.2, -0.15) is 0 Å². The number of carbonyl (C=O) groups is 3. The topological polar surface area (TPSA) is 85.0 Å². The van der Waals surface area contributed by atoms with E-state index in [-0.39, 0.29) is 30.2 Å². The van der Waals surface area contributed by atoms with Crippen molar-refractivity contribution in [3.63, 3.8) is 0 Å². The quantitative estimate of drug-likeness (QED) is 0.399. The third-order valence-electron chi connectivity index (χ3n) is 9.82. The average molecular weight is 636 g/mol. The lowest BCUT2D eigenvalue weighted by Crippen LogP contribution is -2.56. The van der Waals surface area contributed by atoms with Crippen molar-refractivity contribution in [2.45, 2.75) is 89.9 Å². The van der Waals surface area contributed by atoms with Crippen LogP contribution in [0.15, 0.2) is 48.5 Å². The zero-order chi connectivity index (χ0) is 31.9. The summed E-state index contributed by atoms with van der Waals surface area (Å²) in [5.41, 5.74) is 3.29. The van der Waals surface area contributed by atoms with Gasteiger partial charge in [-0.3, -0.25) is 19.3 Å². The van der Waals surface area contributed by atoms with Gasteiger partial charge in [0.15, 0.2) is 0 Å². The summed E-state index contributed by atoms with van der Waals surface area (Å²) in [6.45, 7) is 11.0. The second kappa shape index (κ2) is 15.6. The molecular formula is C36H50ClN5O3. The number of rotatable bonds is 10. The molecule has 0 saturated carbocycles. The SMILES string of the molecule is CC(=O)N1CCC(N(CC(C)C)C2CCN(C(=O)[C@@H](Cc3ccccc3Cl)NC(=O)C[C@H]3NCCc4ccccc43)CC2)CC1. The summed E-state index contributed by atoms with van der Waals surface area (Å²) in [5.74, 6) is 0.527. The average Bonchev–Trinajstić information content (AvgIpc) is 3.04. The highest BCUT2D eigenvalue weighted by molar-refractivity contribution is 6.31. The van der Waals surface area contributed by atoms with Crippen molar-refractivity contribution in [3.8, 4) is 0 Å². The summed E-state index contributed by atoms with van der Waals surface area (Å²) in [6.07, 6.45) is 5.38. The predicted octanol–water partition coefficient (Wildman–Crippen LogP) is 4.60. The molecule has 45 heavy (non-hydrogen) atoms. The van der Waals surface area contributed by atoms with Crippen LogP contribution in [-0.4, -0.2) is 89.8 Å². The molecule has 3 aliphatic heterocycles. The molecule has 0 spiro atoms. The zero-order valence-corrected chi connectivity index (χ0v) is 27.9. The number of carbonyl (C=O) groups excluding carboxylic acids is 3. The maximum absolute atomic E-state index is 14.1. The Morgan fingerprint density at radius 2 is 1.56 bits per heavy atom. The van der Waals surface area contributed by atoms with Crippen LogP contribution in [0.25, 0.3) is 0 Å². The second-order valence-electron chi connectivity index (χ2n) is 13.5. The number of amides is 3. The van der Waals surface area contributed by atoms with Gasteiger partial charge in [0.2, 0.25) is 17.7 Å². The highest BCUT2D eigenvalue weighted by atomic mass is 35.5. The molecule has 2 fully saturated rings. The summed E-state index contributed by atoms with van der Waals surface area (Å²) in [4.78, 5) is 46.1. The summed E-state index contributed by atoms with van der Waals surface area (Å²) in [5, 5.41) is 7.22. The van der Waals surface area contributed by atoms with Gasteiger partial charge in [0.05, 0.1) is 0 Å². The van der Waals surface area contributed by atoms with Gasteiger partial charge in [0, 0.05) is 75.6 Å². The number of nitrogens with one attached hydrogen (secondary N) is 2. The molecule has 0 aliphatic carbocycles. The maximum atomic E-state index is 14.1. The molecule has 2 N–H and O–H groups in total. The molecule has 5 rings (SSSR count). The van der Waals surface area contributed by atoms with Gasteiger partial charge in [0.1, 0.15) is 6.04 Å². The Morgan fingerprint density at radius 1 is 0.933 bits per heavy atom. The lowest BCUT2D eigenvalue weighted by molar-refractivity contribution is -0.138. The van der Waals surface area contributed by atoms with Crippen LogP contribution in [0, 0.1) is 5.92 Å². The van der Waals surface area contributed by atoms with Crippen LogP contribution in [0.4, 0.5) is 0 Å². The first kappa shape index (κ1) is 33.4. The van der Waals surface area contributed by atoms with Crippen LogP contribution in [0.5, 0.6) is 0 Å². The minimum atomic E-state index is -0.685. The van der Waals surface area contributed by atoms with Crippen LogP contribution >= 0.6 is 11.6 Å². The first-order valence-corrected chi connectivity index (χ1v) is 17.2. The molecule has 3 aliphatic rings. The molecule has 2 atom stereocenters. The van der Waals surface area contributed by atoms with E-state index in [1.165, 1.54) is 5.56 Å². The Labute approximate surface area is 273 Å². The molecule has 3 amide bonds. The minimum Gasteiger partial charge on any atom is -0.344 e. The Morgan fingerprint density at radius 3 is 2.20 bits per heavy atom. The third-order valence-corrected chi connectivity index (χ3v) is 10.2. The van der Waals surface area contributed by atoms with Crippen molar-refractivity contribution in [1.82, 2.24) is 25.3 Å². The maximum Gasteiger partial charge on any atom is 0.245 e. The van der Waals surface area contributed by atoms with Crippen molar-refractivity contribution >= 4 is 29.3 Å². The van der Waals surface area contributed by atoms with E-state index >= 15 is 0 Å². The number of piperidine rings is 2. The van der Waals surface area contributed by atoms with Crippen LogP contribution < -0.4 is 10.6 Å². The minimum absolute atomic E-state index is 0.0381. The summed E-state index contributed by atoms with van der Waals surface area (Å²) >= 11 is 6.53. The molecule has 8 nitrogen and oxygen atoms in total. The fourth-order valence-electron chi connectivity index (χ4n) is 7.47. The lowest BCUT2D eigenvalue weighted by Gasteiger charge is -2.46. The molecule has 244 valence electrons. The van der Waals surface area contributed by atoms with Crippen LogP contribution in [-0.2, 0) is 27.2 Å². The van der Waals surface area contributed by atoms with E-state index < -0.39 is 6.04 Å². The van der Waals surface area contributed by atoms with Gasteiger partial charge in [-0.15, -0.1) is 0 Å². The molecule has 2 aromatic carbocycles. The highest BCUT2D eigenvalue weighted by Crippen LogP contribution is 2.28. The van der Waals surface area contributed by atoms with E-state index in [0.29, 0.717) is 42.5 Å². The van der Waals surface area contributed by atoms with Gasteiger partial charge in [0.25, 0.3) is 0 Å². The normalized spacial score (nSPS) is 20.3. The molecule has 0 bridgehead atoms. The van der Waals surface area contributed by atoms with E-state index in [4.69, 9.17) is 11.6 Å². The second-order valence-corrected chi connectivity index (χ2v) is 13.9. The largest absolute Gasteiger partial charge is 0.344 e. The monoisotopic (exact) mass is 635 g/mol. The zero-order valence-electron chi connectivity index (χ0n) is 27.1. The van der Waals surface area contributed by atoms with E-state index in [2.05, 4.69) is 41.5 Å². The van der Waals surface area contributed by atoms with E-state index in [9.17, 15) is 14.4 Å². The van der Waals surface area contributed by atoms with Crippen LogP contribution in [0.1, 0.15) is 75.6 Å². The molecule has 0 aromatic heterocycles. The first-order valence-electron chi connectivity index (χ1n) is 16.8. The molecule has 2 aromatic rings. The smallest absolute Gasteiger partial charge is 0.245 e. The molecule has 9 heteroatoms. The van der Waals surface area contributed by atoms with Gasteiger partial charge in [-0.1, -0.05) is 67.9 Å². The summed E-state index contributed by atoms with van der Waals surface area (Å²) in [6, 6.07) is 15.9. The van der Waals surface area contributed by atoms with Crippen LogP contribution in [0.3, 0.4) is 0 Å². The molecule has 0 radical (unpaired) electrons. The van der Waals surface area contributed by atoms with E-state index in [1.54, 1.807) is 6.92 Å².